The number of hydrogen-bond acceptors (Lipinski definition) is 3. The second kappa shape index (κ2) is 7.70. The lowest BCUT2D eigenvalue weighted by Crippen LogP contribution is -2.45. The summed E-state index contributed by atoms with van der Waals surface area (Å²) in [6, 6.07) is 15.6. The summed E-state index contributed by atoms with van der Waals surface area (Å²) < 4.78 is 5.10. The molecule has 130 valence electrons. The van der Waals surface area contributed by atoms with Crippen molar-refractivity contribution in [3.8, 4) is 5.75 Å². The van der Waals surface area contributed by atoms with Gasteiger partial charge in [0.05, 0.1) is 7.11 Å². The highest BCUT2D eigenvalue weighted by Gasteiger charge is 2.34. The molecule has 1 heterocycles. The first-order valence-corrected chi connectivity index (χ1v) is 8.25. The lowest BCUT2D eigenvalue weighted by molar-refractivity contribution is -0.119. The van der Waals surface area contributed by atoms with Crippen molar-refractivity contribution < 1.29 is 14.3 Å². The number of amides is 3. The lowest BCUT2D eigenvalue weighted by atomic mass is 10.2. The highest BCUT2D eigenvalue weighted by atomic mass is 16.5. The average Bonchev–Trinajstić information content (AvgIpc) is 3.13. The topological polar surface area (TPSA) is 70.7 Å². The Kier molecular flexibility index (Phi) is 5.18. The summed E-state index contributed by atoms with van der Waals surface area (Å²) >= 11 is 0. The van der Waals surface area contributed by atoms with Crippen LogP contribution in [-0.4, -0.2) is 36.5 Å². The molecule has 1 aliphatic heterocycles. The number of para-hydroxylation sites is 1. The molecule has 1 atom stereocenters. The zero-order valence-electron chi connectivity index (χ0n) is 14.1. The lowest BCUT2D eigenvalue weighted by Gasteiger charge is -2.24. The molecule has 0 aromatic heterocycles. The number of methoxy groups -OCH3 is 1. The minimum Gasteiger partial charge on any atom is -0.497 e. The van der Waals surface area contributed by atoms with E-state index in [4.69, 9.17) is 4.74 Å². The molecular formula is C19H21N3O3. The fourth-order valence-electron chi connectivity index (χ4n) is 2.90. The Bertz CT molecular complexity index is 731. The molecule has 1 saturated heterocycles. The van der Waals surface area contributed by atoms with Crippen molar-refractivity contribution in [1.29, 1.82) is 0 Å². The van der Waals surface area contributed by atoms with Gasteiger partial charge in [-0.2, -0.15) is 0 Å². The molecule has 2 N–H and O–H groups in total. The molecule has 0 aliphatic carbocycles. The number of carbonyl (C=O) groups is 2. The third-order valence-corrected chi connectivity index (χ3v) is 4.20. The molecule has 6 heteroatoms. The number of rotatable bonds is 4. The van der Waals surface area contributed by atoms with Crippen molar-refractivity contribution in [2.75, 3.05) is 24.3 Å². The van der Waals surface area contributed by atoms with Gasteiger partial charge < -0.3 is 20.3 Å². The first-order chi connectivity index (χ1) is 12.2. The molecule has 1 aliphatic rings. The van der Waals surface area contributed by atoms with Crippen LogP contribution in [0.5, 0.6) is 5.75 Å². The van der Waals surface area contributed by atoms with Crippen molar-refractivity contribution in [2.24, 2.45) is 0 Å². The number of carbonyl (C=O) groups excluding carboxylic acids is 2. The Morgan fingerprint density at radius 2 is 1.68 bits per heavy atom. The molecule has 0 bridgehead atoms. The zero-order valence-corrected chi connectivity index (χ0v) is 14.1. The van der Waals surface area contributed by atoms with Gasteiger partial charge in [-0.1, -0.05) is 18.2 Å². The van der Waals surface area contributed by atoms with Crippen molar-refractivity contribution in [3.63, 3.8) is 0 Å². The normalized spacial score (nSPS) is 16.4. The SMILES string of the molecule is COc1ccc(NC(=O)N2CCC[C@H]2C(=O)Nc2ccccc2)cc1. The van der Waals surface area contributed by atoms with Crippen molar-refractivity contribution in [3.05, 3.63) is 54.6 Å². The third kappa shape index (κ3) is 4.09. The second-order valence-electron chi connectivity index (χ2n) is 5.87. The van der Waals surface area contributed by atoms with E-state index in [-0.39, 0.29) is 11.9 Å². The first-order valence-electron chi connectivity index (χ1n) is 8.25. The minimum atomic E-state index is -0.460. The Morgan fingerprint density at radius 3 is 2.36 bits per heavy atom. The van der Waals surface area contributed by atoms with Crippen molar-refractivity contribution in [1.82, 2.24) is 4.90 Å². The van der Waals surface area contributed by atoms with E-state index in [1.54, 1.807) is 36.3 Å². The van der Waals surface area contributed by atoms with Crippen molar-refractivity contribution >= 4 is 23.3 Å². The molecule has 1 fully saturated rings. The molecule has 2 aromatic carbocycles. The third-order valence-electron chi connectivity index (χ3n) is 4.20. The summed E-state index contributed by atoms with van der Waals surface area (Å²) in [5.74, 6) is 0.563. The summed E-state index contributed by atoms with van der Waals surface area (Å²) in [5, 5.41) is 5.71. The summed E-state index contributed by atoms with van der Waals surface area (Å²) in [6.45, 7) is 0.564. The van der Waals surface area contributed by atoms with E-state index in [1.165, 1.54) is 0 Å². The van der Waals surface area contributed by atoms with Crippen LogP contribution in [0.2, 0.25) is 0 Å². The quantitative estimate of drug-likeness (QED) is 0.897. The monoisotopic (exact) mass is 339 g/mol. The van der Waals surface area contributed by atoms with E-state index in [1.807, 2.05) is 30.3 Å². The van der Waals surface area contributed by atoms with Crippen LogP contribution in [0, 0.1) is 0 Å². The van der Waals surface area contributed by atoms with Gasteiger partial charge in [-0.3, -0.25) is 4.79 Å². The van der Waals surface area contributed by atoms with Crippen LogP contribution in [0.3, 0.4) is 0 Å². The number of anilines is 2. The number of nitrogens with zero attached hydrogens (tertiary/aromatic N) is 1. The van der Waals surface area contributed by atoms with E-state index < -0.39 is 6.04 Å². The number of urea groups is 1. The van der Waals surface area contributed by atoms with E-state index in [9.17, 15) is 9.59 Å². The molecule has 3 amide bonds. The molecule has 6 nitrogen and oxygen atoms in total. The van der Waals surface area contributed by atoms with Gasteiger partial charge in [-0.15, -0.1) is 0 Å². The van der Waals surface area contributed by atoms with Crippen LogP contribution in [-0.2, 0) is 4.79 Å². The summed E-state index contributed by atoms with van der Waals surface area (Å²) in [4.78, 5) is 26.6. The maximum atomic E-state index is 12.5. The molecule has 0 radical (unpaired) electrons. The van der Waals surface area contributed by atoms with Gasteiger partial charge in [0.15, 0.2) is 0 Å². The standard InChI is InChI=1S/C19H21N3O3/c1-25-16-11-9-15(10-12-16)21-19(24)22-13-5-8-17(22)18(23)20-14-6-3-2-4-7-14/h2-4,6-7,9-12,17H,5,8,13H2,1H3,(H,20,23)(H,21,24)/t17-/m0/s1. The van der Waals surface area contributed by atoms with Gasteiger partial charge >= 0.3 is 6.03 Å². The Morgan fingerprint density at radius 1 is 1.00 bits per heavy atom. The number of hydrogen-bond donors (Lipinski definition) is 2. The number of benzene rings is 2. The first kappa shape index (κ1) is 16.8. The maximum absolute atomic E-state index is 12.5. The van der Waals surface area contributed by atoms with Crippen LogP contribution in [0.4, 0.5) is 16.2 Å². The second-order valence-corrected chi connectivity index (χ2v) is 5.87. The predicted octanol–water partition coefficient (Wildman–Crippen LogP) is 3.33. The highest BCUT2D eigenvalue weighted by molar-refractivity contribution is 5.99. The van der Waals surface area contributed by atoms with E-state index >= 15 is 0 Å². The van der Waals surface area contributed by atoms with Gasteiger partial charge in [-0.25, -0.2) is 4.79 Å². The highest BCUT2D eigenvalue weighted by Crippen LogP contribution is 2.21. The van der Waals surface area contributed by atoms with Gasteiger partial charge in [0.25, 0.3) is 0 Å². The number of ether oxygens (including phenoxy) is 1. The molecule has 0 spiro atoms. The summed E-state index contributed by atoms with van der Waals surface area (Å²) in [6.07, 6.45) is 1.47. The molecule has 0 saturated carbocycles. The molecule has 25 heavy (non-hydrogen) atoms. The Labute approximate surface area is 146 Å². The van der Waals surface area contributed by atoms with Crippen LogP contribution in [0.15, 0.2) is 54.6 Å². The van der Waals surface area contributed by atoms with Crippen LogP contribution in [0.25, 0.3) is 0 Å². The van der Waals surface area contributed by atoms with Gasteiger partial charge in [0.1, 0.15) is 11.8 Å². The number of likely N-dealkylation sites (tertiary alicyclic amines) is 1. The van der Waals surface area contributed by atoms with E-state index in [0.717, 1.165) is 17.9 Å². The van der Waals surface area contributed by atoms with Crippen LogP contribution >= 0.6 is 0 Å². The average molecular weight is 339 g/mol. The Hall–Kier alpha value is -3.02. The molecule has 3 rings (SSSR count). The summed E-state index contributed by atoms with van der Waals surface area (Å²) in [7, 11) is 1.59. The van der Waals surface area contributed by atoms with Gasteiger partial charge in [0.2, 0.25) is 5.91 Å². The van der Waals surface area contributed by atoms with Gasteiger partial charge in [0, 0.05) is 17.9 Å². The number of nitrogens with one attached hydrogen (secondary N) is 2. The largest absolute Gasteiger partial charge is 0.497 e. The smallest absolute Gasteiger partial charge is 0.322 e. The van der Waals surface area contributed by atoms with Gasteiger partial charge in [-0.05, 0) is 49.2 Å². The van der Waals surface area contributed by atoms with E-state index in [0.29, 0.717) is 18.7 Å². The predicted molar refractivity (Wildman–Crippen MR) is 96.8 cm³/mol. The zero-order chi connectivity index (χ0) is 17.6. The Balaban J connectivity index is 1.63. The minimum absolute atomic E-state index is 0.159. The maximum Gasteiger partial charge on any atom is 0.322 e. The molecule has 0 unspecified atom stereocenters. The molecular weight excluding hydrogens is 318 g/mol. The fraction of sp³-hybridized carbons (Fsp3) is 0.263. The van der Waals surface area contributed by atoms with Crippen LogP contribution < -0.4 is 15.4 Å². The van der Waals surface area contributed by atoms with Crippen molar-refractivity contribution in [2.45, 2.75) is 18.9 Å². The van der Waals surface area contributed by atoms with Crippen LogP contribution in [0.1, 0.15) is 12.8 Å². The molecule has 2 aromatic rings. The van der Waals surface area contributed by atoms with E-state index in [2.05, 4.69) is 10.6 Å². The summed E-state index contributed by atoms with van der Waals surface area (Å²) in [5.41, 5.74) is 1.40. The fourth-order valence-corrected chi connectivity index (χ4v) is 2.90.